The molecule has 0 saturated carbocycles. The van der Waals surface area contributed by atoms with Crippen LogP contribution in [0.1, 0.15) is 17.2 Å². The maximum atomic E-state index is 10.0. The monoisotopic (exact) mass is 372 g/mol. The maximum absolute atomic E-state index is 10.0. The summed E-state index contributed by atoms with van der Waals surface area (Å²) in [4.78, 5) is 0. The fourth-order valence-electron chi connectivity index (χ4n) is 3.92. The largest absolute Gasteiger partial charge is 0.493 e. The summed E-state index contributed by atoms with van der Waals surface area (Å²) in [6.07, 6.45) is 0.639. The van der Waals surface area contributed by atoms with Gasteiger partial charge in [0.05, 0.1) is 26.9 Å². The number of ether oxygens (including phenoxy) is 5. The zero-order valence-corrected chi connectivity index (χ0v) is 15.5. The minimum atomic E-state index is -0.172. The molecule has 1 saturated heterocycles. The molecular formula is C21H24O6. The fourth-order valence-corrected chi connectivity index (χ4v) is 3.92. The Morgan fingerprint density at radius 1 is 1.00 bits per heavy atom. The first-order valence-electron chi connectivity index (χ1n) is 9.06. The number of methoxy groups -OCH3 is 2. The van der Waals surface area contributed by atoms with E-state index in [2.05, 4.69) is 0 Å². The van der Waals surface area contributed by atoms with Gasteiger partial charge >= 0.3 is 0 Å². The van der Waals surface area contributed by atoms with Crippen molar-refractivity contribution in [2.75, 3.05) is 34.2 Å². The number of fused-ring (bicyclic) bond motifs is 1. The molecule has 0 aromatic heterocycles. The highest BCUT2D eigenvalue weighted by atomic mass is 16.7. The average molecular weight is 372 g/mol. The number of rotatable bonds is 6. The van der Waals surface area contributed by atoms with Crippen molar-refractivity contribution in [1.29, 1.82) is 0 Å². The van der Waals surface area contributed by atoms with Crippen molar-refractivity contribution in [3.8, 4) is 23.0 Å². The molecule has 0 bridgehead atoms. The van der Waals surface area contributed by atoms with E-state index in [4.69, 9.17) is 23.7 Å². The molecule has 2 aliphatic rings. The van der Waals surface area contributed by atoms with Crippen molar-refractivity contribution in [2.24, 2.45) is 11.8 Å². The summed E-state index contributed by atoms with van der Waals surface area (Å²) in [5, 5.41) is 10.0. The lowest BCUT2D eigenvalue weighted by molar-refractivity contribution is 0.0717. The number of hydrogen-bond acceptors (Lipinski definition) is 6. The molecule has 0 radical (unpaired) electrons. The van der Waals surface area contributed by atoms with Crippen LogP contribution in [0.2, 0.25) is 0 Å². The maximum Gasteiger partial charge on any atom is 0.231 e. The molecular weight excluding hydrogens is 348 g/mol. The van der Waals surface area contributed by atoms with Crippen LogP contribution in [0.15, 0.2) is 36.4 Å². The Balaban J connectivity index is 1.52. The molecule has 1 fully saturated rings. The Labute approximate surface area is 158 Å². The molecule has 1 N–H and O–H groups in total. The van der Waals surface area contributed by atoms with E-state index in [0.717, 1.165) is 29.0 Å². The van der Waals surface area contributed by atoms with Crippen molar-refractivity contribution >= 4 is 0 Å². The topological polar surface area (TPSA) is 66.4 Å². The molecule has 27 heavy (non-hydrogen) atoms. The van der Waals surface area contributed by atoms with Crippen LogP contribution in [0, 0.1) is 11.8 Å². The molecule has 0 unspecified atom stereocenters. The molecule has 3 atom stereocenters. The van der Waals surface area contributed by atoms with Gasteiger partial charge < -0.3 is 28.8 Å². The van der Waals surface area contributed by atoms with Crippen LogP contribution in [0.4, 0.5) is 0 Å². The molecule has 6 heteroatoms. The lowest BCUT2D eigenvalue weighted by Gasteiger charge is -2.22. The summed E-state index contributed by atoms with van der Waals surface area (Å²) in [7, 11) is 3.23. The molecule has 144 valence electrons. The van der Waals surface area contributed by atoms with Gasteiger partial charge in [0.15, 0.2) is 23.0 Å². The molecule has 0 amide bonds. The second-order valence-electron chi connectivity index (χ2n) is 6.87. The molecule has 2 heterocycles. The Hall–Kier alpha value is -2.44. The van der Waals surface area contributed by atoms with Crippen molar-refractivity contribution in [1.82, 2.24) is 0 Å². The van der Waals surface area contributed by atoms with Crippen molar-refractivity contribution in [3.05, 3.63) is 47.5 Å². The molecule has 2 aromatic rings. The first kappa shape index (κ1) is 17.9. The highest BCUT2D eigenvalue weighted by Gasteiger charge is 2.38. The number of aliphatic hydroxyl groups excluding tert-OH is 1. The van der Waals surface area contributed by atoms with Crippen molar-refractivity contribution in [2.45, 2.75) is 12.5 Å². The van der Waals surface area contributed by atoms with Gasteiger partial charge in [-0.15, -0.1) is 0 Å². The van der Waals surface area contributed by atoms with Crippen molar-refractivity contribution in [3.63, 3.8) is 0 Å². The number of aliphatic hydroxyl groups is 1. The van der Waals surface area contributed by atoms with Crippen LogP contribution in [0.5, 0.6) is 23.0 Å². The third-order valence-corrected chi connectivity index (χ3v) is 5.37. The van der Waals surface area contributed by atoms with E-state index in [9.17, 15) is 5.11 Å². The summed E-state index contributed by atoms with van der Waals surface area (Å²) in [6.45, 7) is 0.929. The van der Waals surface area contributed by atoms with Crippen LogP contribution < -0.4 is 18.9 Å². The quantitative estimate of drug-likeness (QED) is 0.841. The van der Waals surface area contributed by atoms with Crippen molar-refractivity contribution < 1.29 is 28.8 Å². The van der Waals surface area contributed by atoms with Gasteiger partial charge in [0.25, 0.3) is 0 Å². The predicted molar refractivity (Wildman–Crippen MR) is 98.6 cm³/mol. The smallest absolute Gasteiger partial charge is 0.231 e. The summed E-state index contributed by atoms with van der Waals surface area (Å²) in [5.41, 5.74) is 2.14. The summed E-state index contributed by atoms with van der Waals surface area (Å²) < 4.78 is 27.6. The minimum Gasteiger partial charge on any atom is -0.493 e. The SMILES string of the molecule is COc1ccc([C@H]2OC[C@@H](Cc3ccc4c(c3)OCO4)[C@@H]2CO)cc1OC. The molecule has 0 spiro atoms. The third-order valence-electron chi connectivity index (χ3n) is 5.37. The van der Waals surface area contributed by atoms with Gasteiger partial charge in [0.1, 0.15) is 0 Å². The van der Waals surface area contributed by atoms with E-state index in [1.54, 1.807) is 14.2 Å². The summed E-state index contributed by atoms with van der Waals surface area (Å²) in [6, 6.07) is 11.8. The van der Waals surface area contributed by atoms with E-state index in [1.807, 2.05) is 36.4 Å². The first-order chi connectivity index (χ1) is 13.2. The summed E-state index contributed by atoms with van der Waals surface area (Å²) in [5.74, 6) is 3.12. The van der Waals surface area contributed by atoms with E-state index in [-0.39, 0.29) is 31.3 Å². The third kappa shape index (κ3) is 3.42. The Morgan fingerprint density at radius 3 is 2.59 bits per heavy atom. The standard InChI is InChI=1S/C21H24O6/c1-23-17-6-4-14(9-19(17)24-2)21-16(10-22)15(11-25-21)7-13-3-5-18-20(8-13)27-12-26-18/h3-6,8-9,15-16,21-22H,7,10-12H2,1-2H3/t15-,16+,21-/m1/s1. The Morgan fingerprint density at radius 2 is 1.81 bits per heavy atom. The Bertz CT molecular complexity index is 805. The lowest BCUT2D eigenvalue weighted by Crippen LogP contribution is -2.21. The zero-order chi connectivity index (χ0) is 18.8. The van der Waals surface area contributed by atoms with Crippen LogP contribution in [-0.2, 0) is 11.2 Å². The highest BCUT2D eigenvalue weighted by molar-refractivity contribution is 5.45. The van der Waals surface area contributed by atoms with Crippen LogP contribution in [0.3, 0.4) is 0 Å². The first-order valence-corrected chi connectivity index (χ1v) is 9.06. The van der Waals surface area contributed by atoms with Crippen LogP contribution in [-0.4, -0.2) is 39.3 Å². The average Bonchev–Trinajstić information content (AvgIpc) is 3.33. The normalized spacial score (nSPS) is 23.4. The van der Waals surface area contributed by atoms with Gasteiger partial charge in [-0.2, -0.15) is 0 Å². The molecule has 2 aromatic carbocycles. The highest BCUT2D eigenvalue weighted by Crippen LogP contribution is 2.42. The second kappa shape index (κ2) is 7.66. The number of hydrogen-bond donors (Lipinski definition) is 1. The van der Waals surface area contributed by atoms with Gasteiger partial charge in [-0.05, 0) is 47.7 Å². The second-order valence-corrected chi connectivity index (χ2v) is 6.87. The van der Waals surface area contributed by atoms with Crippen LogP contribution in [0.25, 0.3) is 0 Å². The van der Waals surface area contributed by atoms with Crippen LogP contribution >= 0.6 is 0 Å². The summed E-state index contributed by atoms with van der Waals surface area (Å²) >= 11 is 0. The van der Waals surface area contributed by atoms with Gasteiger partial charge in [-0.1, -0.05) is 12.1 Å². The zero-order valence-electron chi connectivity index (χ0n) is 15.5. The minimum absolute atomic E-state index is 0.00789. The van der Waals surface area contributed by atoms with Gasteiger partial charge in [-0.25, -0.2) is 0 Å². The van der Waals surface area contributed by atoms with Gasteiger partial charge in [0.2, 0.25) is 6.79 Å². The number of benzene rings is 2. The molecule has 6 nitrogen and oxygen atoms in total. The molecule has 4 rings (SSSR count). The van der Waals surface area contributed by atoms with E-state index >= 15 is 0 Å². The fraction of sp³-hybridized carbons (Fsp3) is 0.429. The molecule has 2 aliphatic heterocycles. The molecule has 0 aliphatic carbocycles. The van der Waals surface area contributed by atoms with E-state index in [0.29, 0.717) is 18.1 Å². The van der Waals surface area contributed by atoms with E-state index in [1.165, 1.54) is 0 Å². The predicted octanol–water partition coefficient (Wildman–Crippen LogP) is 2.97. The lowest BCUT2D eigenvalue weighted by atomic mass is 9.84. The Kier molecular flexibility index (Phi) is 5.09. The van der Waals surface area contributed by atoms with Gasteiger partial charge in [0, 0.05) is 12.5 Å². The van der Waals surface area contributed by atoms with Gasteiger partial charge in [-0.3, -0.25) is 0 Å². The van der Waals surface area contributed by atoms with E-state index < -0.39 is 0 Å².